The van der Waals surface area contributed by atoms with E-state index in [1.54, 1.807) is 24.3 Å². The number of anilines is 1. The molecule has 0 bridgehead atoms. The maximum Gasteiger partial charge on any atom is 0.198 e. The van der Waals surface area contributed by atoms with Crippen molar-refractivity contribution in [2.45, 2.75) is 10.6 Å². The van der Waals surface area contributed by atoms with Crippen LogP contribution in [0.4, 0.5) is 5.69 Å². The van der Waals surface area contributed by atoms with Gasteiger partial charge in [-0.25, -0.2) is 0 Å². The van der Waals surface area contributed by atoms with Gasteiger partial charge in [0, 0.05) is 21.8 Å². The molecule has 0 radical (unpaired) electrons. The predicted octanol–water partition coefficient (Wildman–Crippen LogP) is 4.04. The fraction of sp³-hybridized carbons (Fsp3) is 0.0476. The molecule has 0 saturated heterocycles. The number of hydrogen-bond acceptors (Lipinski definition) is 5. The third-order valence-electron chi connectivity index (χ3n) is 4.42. The normalized spacial score (nSPS) is 12.6. The zero-order valence-corrected chi connectivity index (χ0v) is 14.5. The number of ketones is 2. The molecule has 3 N–H and O–H groups in total. The number of nitrogens with two attached hydrogens (primary N) is 1. The summed E-state index contributed by atoms with van der Waals surface area (Å²) >= 11 is 1.42. The molecule has 0 aromatic heterocycles. The first-order chi connectivity index (χ1) is 12.6. The molecule has 3 aromatic rings. The quantitative estimate of drug-likeness (QED) is 0.327. The van der Waals surface area contributed by atoms with E-state index in [0.29, 0.717) is 21.8 Å². The number of carbonyl (C=O) groups excluding carboxylic acids is 2. The van der Waals surface area contributed by atoms with Crippen LogP contribution in [0.1, 0.15) is 37.4 Å². The summed E-state index contributed by atoms with van der Waals surface area (Å²) < 4.78 is 0. The Morgan fingerprint density at radius 1 is 0.846 bits per heavy atom. The summed E-state index contributed by atoms with van der Waals surface area (Å²) in [6, 6.07) is 17.9. The van der Waals surface area contributed by atoms with Crippen LogP contribution in [-0.2, 0) is 5.75 Å². The Labute approximate surface area is 154 Å². The number of carbonyl (C=O) groups is 2. The zero-order valence-electron chi connectivity index (χ0n) is 13.7. The van der Waals surface area contributed by atoms with Crippen LogP contribution in [0.2, 0.25) is 0 Å². The number of thioether (sulfide) groups is 1. The van der Waals surface area contributed by atoms with Gasteiger partial charge in [-0.1, -0.05) is 54.6 Å². The van der Waals surface area contributed by atoms with E-state index in [1.165, 1.54) is 17.8 Å². The lowest BCUT2D eigenvalue weighted by molar-refractivity contribution is 0.0977. The molecule has 0 saturated carbocycles. The molecule has 0 heterocycles. The minimum atomic E-state index is -0.376. The molecule has 128 valence electrons. The second-order valence-corrected chi connectivity index (χ2v) is 7.05. The smallest absolute Gasteiger partial charge is 0.198 e. The molecule has 0 atom stereocenters. The molecule has 0 fully saturated rings. The predicted molar refractivity (Wildman–Crippen MR) is 102 cm³/mol. The van der Waals surface area contributed by atoms with Crippen LogP contribution >= 0.6 is 11.8 Å². The Bertz CT molecular complexity index is 1040. The standard InChI is InChI=1S/C21H15NO3S/c22-19-16(26-11-12-6-2-1-3-7-12)10-15(23)17-18(19)21(25)14-9-5-4-8-13(14)20(17)24/h1-10,23H,11,22H2. The van der Waals surface area contributed by atoms with E-state index in [1.807, 2.05) is 30.3 Å². The highest BCUT2D eigenvalue weighted by atomic mass is 32.2. The number of phenolic OH excluding ortho intramolecular Hbond substituents is 1. The number of hydrogen-bond donors (Lipinski definition) is 2. The Morgan fingerprint density at radius 2 is 1.42 bits per heavy atom. The Kier molecular flexibility index (Phi) is 4.01. The van der Waals surface area contributed by atoms with Crippen molar-refractivity contribution < 1.29 is 14.7 Å². The molecule has 1 aliphatic carbocycles. The van der Waals surface area contributed by atoms with Gasteiger partial charge < -0.3 is 10.8 Å². The summed E-state index contributed by atoms with van der Waals surface area (Å²) in [5.41, 5.74) is 8.30. The van der Waals surface area contributed by atoms with E-state index in [4.69, 9.17) is 5.73 Å². The molecule has 1 aliphatic rings. The second-order valence-electron chi connectivity index (χ2n) is 6.04. The van der Waals surface area contributed by atoms with Gasteiger partial charge in [0.15, 0.2) is 11.6 Å². The highest BCUT2D eigenvalue weighted by Gasteiger charge is 2.34. The first kappa shape index (κ1) is 16.4. The van der Waals surface area contributed by atoms with Gasteiger partial charge in [0.1, 0.15) is 5.75 Å². The van der Waals surface area contributed by atoms with Crippen molar-refractivity contribution in [2.24, 2.45) is 0 Å². The Hall–Kier alpha value is -3.05. The third kappa shape index (κ3) is 2.57. The van der Waals surface area contributed by atoms with Crippen molar-refractivity contribution in [3.63, 3.8) is 0 Å². The fourth-order valence-electron chi connectivity index (χ4n) is 3.13. The number of fused-ring (bicyclic) bond motifs is 2. The lowest BCUT2D eigenvalue weighted by atomic mass is 9.83. The molecule has 4 rings (SSSR count). The maximum atomic E-state index is 12.9. The Balaban J connectivity index is 1.78. The number of aromatic hydroxyl groups is 1. The van der Waals surface area contributed by atoms with Gasteiger partial charge in [0.05, 0.1) is 16.8 Å². The molecule has 4 nitrogen and oxygen atoms in total. The van der Waals surface area contributed by atoms with Crippen LogP contribution in [0, 0.1) is 0 Å². The zero-order chi connectivity index (χ0) is 18.3. The summed E-state index contributed by atoms with van der Waals surface area (Å²) in [7, 11) is 0. The van der Waals surface area contributed by atoms with Crippen LogP contribution < -0.4 is 5.73 Å². The monoisotopic (exact) mass is 361 g/mol. The van der Waals surface area contributed by atoms with E-state index < -0.39 is 0 Å². The highest BCUT2D eigenvalue weighted by Crippen LogP contribution is 2.41. The Morgan fingerprint density at radius 3 is 2.08 bits per heavy atom. The van der Waals surface area contributed by atoms with Crippen LogP contribution in [0.5, 0.6) is 5.75 Å². The van der Waals surface area contributed by atoms with E-state index in [9.17, 15) is 14.7 Å². The van der Waals surface area contributed by atoms with Crippen LogP contribution in [0.3, 0.4) is 0 Å². The van der Waals surface area contributed by atoms with Gasteiger partial charge >= 0.3 is 0 Å². The number of nitrogen functional groups attached to an aromatic ring is 1. The van der Waals surface area contributed by atoms with Crippen molar-refractivity contribution in [1.82, 2.24) is 0 Å². The molecule has 5 heteroatoms. The van der Waals surface area contributed by atoms with E-state index in [0.717, 1.165) is 5.56 Å². The van der Waals surface area contributed by atoms with Gasteiger partial charge in [-0.2, -0.15) is 0 Å². The van der Waals surface area contributed by atoms with Crippen LogP contribution in [-0.4, -0.2) is 16.7 Å². The summed E-state index contributed by atoms with van der Waals surface area (Å²) in [4.78, 5) is 26.2. The van der Waals surface area contributed by atoms with Gasteiger partial charge in [-0.05, 0) is 11.6 Å². The fourth-order valence-corrected chi connectivity index (χ4v) is 4.10. The number of benzene rings is 3. The van der Waals surface area contributed by atoms with Gasteiger partial charge in [0.2, 0.25) is 0 Å². The van der Waals surface area contributed by atoms with Crippen molar-refractivity contribution in [1.29, 1.82) is 0 Å². The minimum Gasteiger partial charge on any atom is -0.507 e. The average Bonchev–Trinajstić information content (AvgIpc) is 2.67. The second kappa shape index (κ2) is 6.35. The molecule has 26 heavy (non-hydrogen) atoms. The van der Waals surface area contributed by atoms with Gasteiger partial charge in [-0.3, -0.25) is 9.59 Å². The first-order valence-corrected chi connectivity index (χ1v) is 9.07. The van der Waals surface area contributed by atoms with Gasteiger partial charge in [0.25, 0.3) is 0 Å². The van der Waals surface area contributed by atoms with E-state index in [2.05, 4.69) is 0 Å². The third-order valence-corrected chi connectivity index (χ3v) is 5.54. The minimum absolute atomic E-state index is 0.00439. The van der Waals surface area contributed by atoms with Gasteiger partial charge in [-0.15, -0.1) is 11.8 Å². The number of phenols is 1. The van der Waals surface area contributed by atoms with Crippen molar-refractivity contribution in [3.05, 3.63) is 88.5 Å². The largest absolute Gasteiger partial charge is 0.507 e. The molecular weight excluding hydrogens is 346 g/mol. The number of rotatable bonds is 3. The van der Waals surface area contributed by atoms with Crippen molar-refractivity contribution >= 4 is 29.0 Å². The van der Waals surface area contributed by atoms with Crippen LogP contribution in [0.25, 0.3) is 0 Å². The first-order valence-electron chi connectivity index (χ1n) is 8.08. The van der Waals surface area contributed by atoms with E-state index >= 15 is 0 Å². The molecule has 3 aromatic carbocycles. The van der Waals surface area contributed by atoms with Crippen molar-refractivity contribution in [3.8, 4) is 5.75 Å². The average molecular weight is 361 g/mol. The highest BCUT2D eigenvalue weighted by molar-refractivity contribution is 7.98. The topological polar surface area (TPSA) is 80.4 Å². The summed E-state index contributed by atoms with van der Waals surface area (Å²) in [5, 5.41) is 10.4. The molecule has 0 aliphatic heterocycles. The van der Waals surface area contributed by atoms with Crippen LogP contribution in [0.15, 0.2) is 65.6 Å². The van der Waals surface area contributed by atoms with Crippen molar-refractivity contribution in [2.75, 3.05) is 5.73 Å². The summed E-state index contributed by atoms with van der Waals surface area (Å²) in [5.74, 6) is -0.274. The molecule has 0 unspecified atom stereocenters. The van der Waals surface area contributed by atoms with E-state index in [-0.39, 0.29) is 34.1 Å². The maximum absolute atomic E-state index is 12.9. The molecule has 0 amide bonds. The summed E-state index contributed by atoms with van der Waals surface area (Å²) in [6.07, 6.45) is 0. The molecule has 0 spiro atoms. The summed E-state index contributed by atoms with van der Waals surface area (Å²) in [6.45, 7) is 0. The lowest BCUT2D eigenvalue weighted by Crippen LogP contribution is -2.22. The lowest BCUT2D eigenvalue weighted by Gasteiger charge is -2.21. The SMILES string of the molecule is Nc1c(SCc2ccccc2)cc(O)c2c1C(=O)c1ccccc1C2=O. The molecular formula is C21H15NO3S.